The summed E-state index contributed by atoms with van der Waals surface area (Å²) < 4.78 is 0. The molecule has 2 aliphatic rings. The molecule has 0 radical (unpaired) electrons. The first kappa shape index (κ1) is 11.7. The summed E-state index contributed by atoms with van der Waals surface area (Å²) in [4.78, 5) is 1.14. The summed E-state index contributed by atoms with van der Waals surface area (Å²) in [5.74, 6) is 1.47. The molecule has 1 aromatic rings. The highest BCUT2D eigenvalue weighted by Crippen LogP contribution is 2.60. The summed E-state index contributed by atoms with van der Waals surface area (Å²) in [7, 11) is 0. The summed E-state index contributed by atoms with van der Waals surface area (Å²) >= 11 is 1.68. The summed E-state index contributed by atoms with van der Waals surface area (Å²) in [6, 6.07) is 2.10. The van der Waals surface area contributed by atoms with E-state index >= 15 is 0 Å². The van der Waals surface area contributed by atoms with Crippen LogP contribution in [-0.2, 0) is 0 Å². The van der Waals surface area contributed by atoms with Crippen molar-refractivity contribution < 1.29 is 5.11 Å². The van der Waals surface area contributed by atoms with E-state index in [0.717, 1.165) is 17.2 Å². The van der Waals surface area contributed by atoms with Crippen LogP contribution in [0.5, 0.6) is 0 Å². The van der Waals surface area contributed by atoms with Gasteiger partial charge in [0, 0.05) is 16.8 Å². The minimum Gasteiger partial charge on any atom is -0.387 e. The van der Waals surface area contributed by atoms with Gasteiger partial charge in [0.1, 0.15) is 0 Å². The van der Waals surface area contributed by atoms with Crippen LogP contribution in [0.4, 0.5) is 0 Å². The zero-order chi connectivity index (χ0) is 12.0. The monoisotopic (exact) mass is 251 g/mol. The van der Waals surface area contributed by atoms with Crippen LogP contribution in [0.15, 0.2) is 11.4 Å². The minimum atomic E-state index is -0.345. The molecule has 0 aromatic carbocycles. The zero-order valence-electron chi connectivity index (χ0n) is 10.4. The molecule has 4 unspecified atom stereocenters. The van der Waals surface area contributed by atoms with E-state index in [0.29, 0.717) is 12.5 Å². The molecule has 0 spiro atoms. The van der Waals surface area contributed by atoms with E-state index in [1.54, 1.807) is 11.3 Å². The lowest BCUT2D eigenvalue weighted by Crippen LogP contribution is -2.41. The number of hydrogen-bond donors (Lipinski definition) is 2. The van der Waals surface area contributed by atoms with Crippen molar-refractivity contribution in [2.75, 3.05) is 6.54 Å². The van der Waals surface area contributed by atoms with E-state index in [4.69, 9.17) is 5.73 Å². The van der Waals surface area contributed by atoms with E-state index in [-0.39, 0.29) is 11.5 Å². The van der Waals surface area contributed by atoms with Gasteiger partial charge in [-0.25, -0.2) is 0 Å². The molecular formula is C14H21NOS. The lowest BCUT2D eigenvalue weighted by Gasteiger charge is -2.40. The quantitative estimate of drug-likeness (QED) is 0.867. The molecular weight excluding hydrogens is 230 g/mol. The smallest absolute Gasteiger partial charge is 0.0955 e. The molecule has 2 saturated carbocycles. The Morgan fingerprint density at radius 2 is 2.41 bits per heavy atom. The Labute approximate surface area is 107 Å². The van der Waals surface area contributed by atoms with Crippen LogP contribution in [0.1, 0.15) is 42.2 Å². The predicted molar refractivity (Wildman–Crippen MR) is 71.0 cm³/mol. The molecule has 3 heteroatoms. The zero-order valence-corrected chi connectivity index (χ0v) is 11.2. The Morgan fingerprint density at radius 1 is 1.59 bits per heavy atom. The first-order valence-electron chi connectivity index (χ1n) is 6.59. The number of thiophene rings is 1. The predicted octanol–water partition coefficient (Wildman–Crippen LogP) is 2.86. The van der Waals surface area contributed by atoms with Crippen molar-refractivity contribution in [3.63, 3.8) is 0 Å². The Hall–Kier alpha value is -0.380. The fourth-order valence-corrected chi connectivity index (χ4v) is 5.15. The molecule has 1 heterocycles. The average molecular weight is 251 g/mol. The highest BCUT2D eigenvalue weighted by molar-refractivity contribution is 7.10. The van der Waals surface area contributed by atoms with Gasteiger partial charge < -0.3 is 10.8 Å². The molecule has 0 saturated heterocycles. The van der Waals surface area contributed by atoms with Gasteiger partial charge in [-0.2, -0.15) is 0 Å². The summed E-state index contributed by atoms with van der Waals surface area (Å²) in [6.45, 7) is 2.72. The van der Waals surface area contributed by atoms with E-state index < -0.39 is 0 Å². The van der Waals surface area contributed by atoms with Crippen LogP contribution in [0.3, 0.4) is 0 Å². The van der Waals surface area contributed by atoms with Gasteiger partial charge in [-0.1, -0.05) is 6.42 Å². The van der Waals surface area contributed by atoms with Gasteiger partial charge in [0.2, 0.25) is 0 Å². The molecule has 0 aliphatic heterocycles. The Bertz CT molecular complexity index is 416. The van der Waals surface area contributed by atoms with Gasteiger partial charge in [0.15, 0.2) is 0 Å². The largest absolute Gasteiger partial charge is 0.387 e. The lowest BCUT2D eigenvalue weighted by atomic mass is 9.68. The van der Waals surface area contributed by atoms with Crippen molar-refractivity contribution in [3.8, 4) is 0 Å². The first-order chi connectivity index (χ1) is 8.17. The topological polar surface area (TPSA) is 46.2 Å². The highest BCUT2D eigenvalue weighted by Gasteiger charge is 2.54. The summed E-state index contributed by atoms with van der Waals surface area (Å²) in [5, 5.41) is 12.9. The van der Waals surface area contributed by atoms with Gasteiger partial charge in [-0.15, -0.1) is 11.3 Å². The summed E-state index contributed by atoms with van der Waals surface area (Å²) in [6.07, 6.45) is 4.69. The third-order valence-corrected chi connectivity index (χ3v) is 6.17. The molecule has 3 rings (SSSR count). The second kappa shape index (κ2) is 4.08. The van der Waals surface area contributed by atoms with E-state index in [1.165, 1.54) is 24.8 Å². The highest BCUT2D eigenvalue weighted by atomic mass is 32.1. The second-order valence-electron chi connectivity index (χ2n) is 5.89. The Balaban J connectivity index is 1.94. The van der Waals surface area contributed by atoms with E-state index in [2.05, 4.69) is 18.4 Å². The minimum absolute atomic E-state index is 0.0292. The summed E-state index contributed by atoms with van der Waals surface area (Å²) in [5.41, 5.74) is 7.25. The normalized spacial score (nSPS) is 37.6. The molecule has 4 atom stereocenters. The number of nitrogens with two attached hydrogens (primary N) is 1. The lowest BCUT2D eigenvalue weighted by molar-refractivity contribution is -0.0110. The maximum atomic E-state index is 10.8. The van der Waals surface area contributed by atoms with E-state index in [1.807, 2.05) is 0 Å². The Kier molecular flexibility index (Phi) is 2.80. The van der Waals surface area contributed by atoms with Gasteiger partial charge in [0.25, 0.3) is 0 Å². The molecule has 3 N–H and O–H groups in total. The molecule has 2 bridgehead atoms. The third kappa shape index (κ3) is 1.60. The van der Waals surface area contributed by atoms with Crippen LogP contribution >= 0.6 is 11.3 Å². The van der Waals surface area contributed by atoms with E-state index in [9.17, 15) is 5.11 Å². The van der Waals surface area contributed by atoms with Crippen molar-refractivity contribution in [2.24, 2.45) is 23.0 Å². The molecule has 17 heavy (non-hydrogen) atoms. The van der Waals surface area contributed by atoms with Crippen molar-refractivity contribution in [2.45, 2.75) is 38.7 Å². The van der Waals surface area contributed by atoms with Crippen LogP contribution < -0.4 is 5.73 Å². The number of rotatable bonds is 3. The SMILES string of the molecule is Cc1ccsc1C(O)C1(CN)CC2CCC1C2. The van der Waals surface area contributed by atoms with Crippen molar-refractivity contribution in [1.29, 1.82) is 0 Å². The van der Waals surface area contributed by atoms with Crippen LogP contribution in [-0.4, -0.2) is 11.7 Å². The van der Waals surface area contributed by atoms with Crippen LogP contribution in [0.25, 0.3) is 0 Å². The fraction of sp³-hybridized carbons (Fsp3) is 0.714. The van der Waals surface area contributed by atoms with Crippen LogP contribution in [0, 0.1) is 24.2 Å². The second-order valence-corrected chi connectivity index (χ2v) is 6.84. The third-order valence-electron chi connectivity index (χ3n) is 5.10. The van der Waals surface area contributed by atoms with Gasteiger partial charge in [-0.3, -0.25) is 0 Å². The Morgan fingerprint density at radius 3 is 2.88 bits per heavy atom. The van der Waals surface area contributed by atoms with Gasteiger partial charge >= 0.3 is 0 Å². The average Bonchev–Trinajstić information content (AvgIpc) is 3.02. The van der Waals surface area contributed by atoms with Crippen molar-refractivity contribution >= 4 is 11.3 Å². The van der Waals surface area contributed by atoms with Gasteiger partial charge in [-0.05, 0) is 55.0 Å². The van der Waals surface area contributed by atoms with Crippen molar-refractivity contribution in [1.82, 2.24) is 0 Å². The molecule has 1 aromatic heterocycles. The molecule has 2 nitrogen and oxygen atoms in total. The van der Waals surface area contributed by atoms with Crippen molar-refractivity contribution in [3.05, 3.63) is 21.9 Å². The number of aliphatic hydroxyl groups is 1. The first-order valence-corrected chi connectivity index (χ1v) is 7.47. The standard InChI is InChI=1S/C14H21NOS/c1-9-4-5-17-12(9)13(16)14(8-15)7-10-2-3-11(14)6-10/h4-5,10-11,13,16H,2-3,6-8,15H2,1H3. The molecule has 2 aliphatic carbocycles. The maximum Gasteiger partial charge on any atom is 0.0955 e. The number of hydrogen-bond acceptors (Lipinski definition) is 3. The maximum absolute atomic E-state index is 10.8. The van der Waals surface area contributed by atoms with Crippen LogP contribution in [0.2, 0.25) is 0 Å². The van der Waals surface area contributed by atoms with Gasteiger partial charge in [0.05, 0.1) is 6.10 Å². The molecule has 0 amide bonds. The fourth-order valence-electron chi connectivity index (χ4n) is 4.11. The molecule has 2 fully saturated rings. The number of aryl methyl sites for hydroxylation is 1. The number of fused-ring (bicyclic) bond motifs is 2. The number of aliphatic hydroxyl groups excluding tert-OH is 1. The molecule has 94 valence electrons.